The molecule has 4 nitrogen and oxygen atoms in total. The highest BCUT2D eigenvalue weighted by molar-refractivity contribution is 8.13. The molecule has 120 valence electrons. The van der Waals surface area contributed by atoms with Crippen molar-refractivity contribution in [2.45, 2.75) is 12.7 Å². The van der Waals surface area contributed by atoms with Crippen molar-refractivity contribution in [1.82, 2.24) is 0 Å². The average molecular weight is 331 g/mol. The number of thioether (sulfide) groups is 1. The zero-order chi connectivity index (χ0) is 16.5. The van der Waals surface area contributed by atoms with Gasteiger partial charge < -0.3 is 10.5 Å². The molecule has 0 amide bonds. The molecule has 2 N–H and O–H groups in total. The summed E-state index contributed by atoms with van der Waals surface area (Å²) in [6.45, 7) is 2.28. The maximum Gasteiger partial charge on any atom is 0.180 e. The summed E-state index contributed by atoms with van der Waals surface area (Å²) in [5.41, 5.74) is 7.63. The van der Waals surface area contributed by atoms with Gasteiger partial charge in [-0.2, -0.15) is 5.10 Å². The lowest BCUT2D eigenvalue weighted by molar-refractivity contribution is 0.338. The zero-order valence-electron chi connectivity index (χ0n) is 12.8. The normalized spacial score (nSPS) is 11.8. The third-order valence-electron chi connectivity index (χ3n) is 2.86. The van der Waals surface area contributed by atoms with Crippen molar-refractivity contribution in [3.63, 3.8) is 0 Å². The van der Waals surface area contributed by atoms with Gasteiger partial charge in [0.25, 0.3) is 0 Å². The third-order valence-corrected chi connectivity index (χ3v) is 3.71. The van der Waals surface area contributed by atoms with E-state index in [4.69, 9.17) is 10.5 Å². The Morgan fingerprint density at radius 2 is 2.04 bits per heavy atom. The van der Waals surface area contributed by atoms with E-state index in [2.05, 4.69) is 10.2 Å². The van der Waals surface area contributed by atoms with Gasteiger partial charge in [0, 0.05) is 17.4 Å². The maximum atomic E-state index is 13.2. The van der Waals surface area contributed by atoms with Crippen molar-refractivity contribution in [2.24, 2.45) is 15.9 Å². The van der Waals surface area contributed by atoms with Gasteiger partial charge >= 0.3 is 0 Å². The molecule has 0 radical (unpaired) electrons. The molecule has 0 fully saturated rings. The number of hydrogen-bond donors (Lipinski definition) is 1. The summed E-state index contributed by atoms with van der Waals surface area (Å²) in [6.07, 6.45) is 1.50. The molecule has 6 heteroatoms. The molecule has 0 aliphatic carbocycles. The lowest BCUT2D eigenvalue weighted by Crippen LogP contribution is -2.06. The highest BCUT2D eigenvalue weighted by Crippen LogP contribution is 2.18. The van der Waals surface area contributed by atoms with Gasteiger partial charge in [-0.25, -0.2) is 4.39 Å². The van der Waals surface area contributed by atoms with E-state index in [9.17, 15) is 4.39 Å². The van der Waals surface area contributed by atoms with E-state index in [1.807, 2.05) is 37.3 Å². The Kier molecular flexibility index (Phi) is 6.62. The largest absolute Gasteiger partial charge is 0.493 e. The van der Waals surface area contributed by atoms with Crippen LogP contribution >= 0.6 is 11.8 Å². The fourth-order valence-electron chi connectivity index (χ4n) is 1.80. The second kappa shape index (κ2) is 8.95. The van der Waals surface area contributed by atoms with E-state index in [1.165, 1.54) is 30.1 Å². The Bertz CT molecular complexity index is 689. The second-order valence-electron chi connectivity index (χ2n) is 4.57. The zero-order valence-corrected chi connectivity index (χ0v) is 13.6. The van der Waals surface area contributed by atoms with Crippen molar-refractivity contribution in [3.8, 4) is 5.75 Å². The molecule has 0 saturated carbocycles. The molecule has 0 heterocycles. The number of amidine groups is 1. The summed E-state index contributed by atoms with van der Waals surface area (Å²) in [7, 11) is 0. The van der Waals surface area contributed by atoms with E-state index in [0.29, 0.717) is 23.1 Å². The predicted molar refractivity (Wildman–Crippen MR) is 94.5 cm³/mol. The van der Waals surface area contributed by atoms with Crippen LogP contribution in [0.4, 0.5) is 4.39 Å². The Hall–Kier alpha value is -2.34. The van der Waals surface area contributed by atoms with Crippen LogP contribution in [-0.2, 0) is 5.75 Å². The van der Waals surface area contributed by atoms with Gasteiger partial charge in [-0.15, -0.1) is 5.10 Å². The van der Waals surface area contributed by atoms with Crippen LogP contribution in [-0.4, -0.2) is 18.0 Å². The number of ether oxygens (including phenoxy) is 1. The standard InChI is InChI=1S/C17H18FN3OS/c1-2-22-16-10-15(18)9-8-14(16)11-20-21-17(19)23-12-13-6-4-3-5-7-13/h3-11H,2,12H2,1H3,(H2,19,21). The quantitative estimate of drug-likeness (QED) is 0.497. The van der Waals surface area contributed by atoms with Crippen LogP contribution < -0.4 is 10.5 Å². The van der Waals surface area contributed by atoms with E-state index in [1.54, 1.807) is 6.07 Å². The number of nitrogens with zero attached hydrogens (tertiary/aromatic N) is 2. The van der Waals surface area contributed by atoms with Crippen molar-refractivity contribution in [1.29, 1.82) is 0 Å². The molecule has 23 heavy (non-hydrogen) atoms. The fraction of sp³-hybridized carbons (Fsp3) is 0.176. The van der Waals surface area contributed by atoms with E-state index < -0.39 is 0 Å². The van der Waals surface area contributed by atoms with Gasteiger partial charge in [0.05, 0.1) is 12.8 Å². The van der Waals surface area contributed by atoms with Crippen LogP contribution in [0.15, 0.2) is 58.7 Å². The Labute approximate surface area is 139 Å². The van der Waals surface area contributed by atoms with Crippen LogP contribution in [0, 0.1) is 5.82 Å². The van der Waals surface area contributed by atoms with Gasteiger partial charge in [0.1, 0.15) is 11.6 Å². The topological polar surface area (TPSA) is 60.0 Å². The van der Waals surface area contributed by atoms with Crippen LogP contribution in [0.3, 0.4) is 0 Å². The highest BCUT2D eigenvalue weighted by atomic mass is 32.2. The number of benzene rings is 2. The molecule has 2 rings (SSSR count). The molecule has 0 unspecified atom stereocenters. The van der Waals surface area contributed by atoms with Crippen molar-refractivity contribution in [2.75, 3.05) is 6.61 Å². The van der Waals surface area contributed by atoms with Gasteiger partial charge in [-0.3, -0.25) is 0 Å². The molecule has 0 aliphatic rings. The van der Waals surface area contributed by atoms with E-state index >= 15 is 0 Å². The minimum absolute atomic E-state index is 0.355. The first-order chi connectivity index (χ1) is 11.2. The first-order valence-electron chi connectivity index (χ1n) is 7.14. The molecule has 0 aromatic heterocycles. The monoisotopic (exact) mass is 331 g/mol. The van der Waals surface area contributed by atoms with E-state index in [0.717, 1.165) is 11.3 Å². The predicted octanol–water partition coefficient (Wildman–Crippen LogP) is 3.81. The molecule has 0 spiro atoms. The molecular weight excluding hydrogens is 313 g/mol. The fourth-order valence-corrected chi connectivity index (χ4v) is 2.42. The smallest absolute Gasteiger partial charge is 0.180 e. The van der Waals surface area contributed by atoms with Crippen molar-refractivity contribution < 1.29 is 9.13 Å². The van der Waals surface area contributed by atoms with Crippen LogP contribution in [0.1, 0.15) is 18.1 Å². The molecule has 0 bridgehead atoms. The van der Waals surface area contributed by atoms with Crippen LogP contribution in [0.25, 0.3) is 0 Å². The SMILES string of the molecule is CCOc1cc(F)ccc1C=NN=C(N)SCc1ccccc1. The molecule has 2 aromatic rings. The summed E-state index contributed by atoms with van der Waals surface area (Å²) in [6, 6.07) is 14.2. The molecule has 0 saturated heterocycles. The maximum absolute atomic E-state index is 13.2. The van der Waals surface area contributed by atoms with Gasteiger partial charge in [-0.05, 0) is 24.6 Å². The summed E-state index contributed by atoms with van der Waals surface area (Å²) in [5, 5.41) is 8.24. The number of hydrogen-bond acceptors (Lipinski definition) is 4. The lowest BCUT2D eigenvalue weighted by atomic mass is 10.2. The first-order valence-corrected chi connectivity index (χ1v) is 8.13. The number of rotatable bonds is 6. The summed E-state index contributed by atoms with van der Waals surface area (Å²) >= 11 is 1.40. The molecule has 0 atom stereocenters. The summed E-state index contributed by atoms with van der Waals surface area (Å²) in [4.78, 5) is 0. The van der Waals surface area contributed by atoms with Gasteiger partial charge in [-0.1, -0.05) is 42.1 Å². The van der Waals surface area contributed by atoms with E-state index in [-0.39, 0.29) is 5.82 Å². The third kappa shape index (κ3) is 5.75. The molecular formula is C17H18FN3OS. The lowest BCUT2D eigenvalue weighted by Gasteiger charge is -2.06. The number of halogens is 1. The summed E-state index contributed by atoms with van der Waals surface area (Å²) < 4.78 is 18.6. The minimum Gasteiger partial charge on any atom is -0.493 e. The second-order valence-corrected chi connectivity index (χ2v) is 5.57. The first kappa shape index (κ1) is 17.0. The van der Waals surface area contributed by atoms with Crippen molar-refractivity contribution in [3.05, 3.63) is 65.5 Å². The average Bonchev–Trinajstić information content (AvgIpc) is 2.56. The molecule has 2 aromatic carbocycles. The number of nitrogens with two attached hydrogens (primary N) is 1. The van der Waals surface area contributed by atoms with Crippen molar-refractivity contribution >= 4 is 23.1 Å². The summed E-state index contributed by atoms with van der Waals surface area (Å²) in [5.74, 6) is 0.806. The Balaban J connectivity index is 1.97. The molecule has 0 aliphatic heterocycles. The van der Waals surface area contributed by atoms with Gasteiger partial charge in [0.2, 0.25) is 0 Å². The Morgan fingerprint density at radius 3 is 2.78 bits per heavy atom. The highest BCUT2D eigenvalue weighted by Gasteiger charge is 2.03. The van der Waals surface area contributed by atoms with Crippen LogP contribution in [0.2, 0.25) is 0 Å². The van der Waals surface area contributed by atoms with Crippen LogP contribution in [0.5, 0.6) is 5.75 Å². The minimum atomic E-state index is -0.355. The van der Waals surface area contributed by atoms with Gasteiger partial charge in [0.15, 0.2) is 5.17 Å². The Morgan fingerprint density at radius 1 is 1.26 bits per heavy atom.